The number of aromatic nitrogens is 5. The quantitative estimate of drug-likeness (QED) is 0.402. The van der Waals surface area contributed by atoms with E-state index in [0.717, 1.165) is 63.2 Å². The minimum atomic E-state index is 0.802. The van der Waals surface area contributed by atoms with Crippen LogP contribution in [0, 0.1) is 0 Å². The minimum Gasteiger partial charge on any atom is -0.296 e. The molecule has 0 atom stereocenters. The number of fused-ring (bicyclic) bond motifs is 2. The fraction of sp³-hybridized carbons (Fsp3) is 0.250. The van der Waals surface area contributed by atoms with Gasteiger partial charge in [0.15, 0.2) is 5.82 Å². The summed E-state index contributed by atoms with van der Waals surface area (Å²) in [5.41, 5.74) is 4.11. The molecule has 0 amide bonds. The maximum Gasteiger partial charge on any atom is 0.235 e. The lowest BCUT2D eigenvalue weighted by Crippen LogP contribution is -2.30. The molecule has 0 spiro atoms. The number of hydrogen-bond acceptors (Lipinski definition) is 6. The van der Waals surface area contributed by atoms with E-state index in [1.165, 1.54) is 19.3 Å². The first kappa shape index (κ1) is 18.6. The minimum absolute atomic E-state index is 0.802. The molecule has 6 rings (SSSR count). The van der Waals surface area contributed by atoms with E-state index in [2.05, 4.69) is 51.5 Å². The molecule has 0 saturated carbocycles. The van der Waals surface area contributed by atoms with E-state index in [4.69, 9.17) is 10.1 Å². The van der Waals surface area contributed by atoms with Gasteiger partial charge in [-0.15, -0.1) is 10.2 Å². The number of para-hydroxylation sites is 1. The molecule has 4 heterocycles. The number of rotatable bonds is 4. The Morgan fingerprint density at radius 1 is 0.871 bits per heavy atom. The van der Waals surface area contributed by atoms with E-state index in [9.17, 15) is 0 Å². The molecular formula is C24H22N6S. The summed E-state index contributed by atoms with van der Waals surface area (Å²) in [5, 5.41) is 15.8. The lowest BCUT2D eigenvalue weighted by molar-refractivity contribution is 0.214. The third-order valence-electron chi connectivity index (χ3n) is 5.89. The fourth-order valence-corrected chi connectivity index (χ4v) is 5.18. The Morgan fingerprint density at radius 3 is 2.55 bits per heavy atom. The Morgan fingerprint density at radius 2 is 1.68 bits per heavy atom. The summed E-state index contributed by atoms with van der Waals surface area (Å²) in [6.45, 7) is 3.05. The number of benzene rings is 2. The molecule has 0 bridgehead atoms. The van der Waals surface area contributed by atoms with Gasteiger partial charge in [-0.2, -0.15) is 9.61 Å². The van der Waals surface area contributed by atoms with Crippen molar-refractivity contribution in [2.75, 3.05) is 13.1 Å². The summed E-state index contributed by atoms with van der Waals surface area (Å²) in [6.07, 6.45) is 3.84. The van der Waals surface area contributed by atoms with E-state index in [1.54, 1.807) is 11.3 Å². The first-order valence-electron chi connectivity index (χ1n) is 10.7. The van der Waals surface area contributed by atoms with Crippen LogP contribution in [0.15, 0.2) is 60.7 Å². The van der Waals surface area contributed by atoms with Gasteiger partial charge in [-0.05, 0) is 38.1 Å². The molecule has 6 nitrogen and oxygen atoms in total. The third kappa shape index (κ3) is 3.49. The molecule has 0 aliphatic carbocycles. The molecule has 2 aromatic carbocycles. The number of hydrogen-bond donors (Lipinski definition) is 0. The van der Waals surface area contributed by atoms with Crippen LogP contribution < -0.4 is 0 Å². The van der Waals surface area contributed by atoms with Gasteiger partial charge in [0, 0.05) is 16.5 Å². The van der Waals surface area contributed by atoms with E-state index in [0.29, 0.717) is 0 Å². The maximum atomic E-state index is 4.95. The predicted octanol–water partition coefficient (Wildman–Crippen LogP) is 5.05. The number of pyridine rings is 1. The number of piperidine rings is 1. The highest BCUT2D eigenvalue weighted by Crippen LogP contribution is 2.34. The lowest BCUT2D eigenvalue weighted by atomic mass is 10.0. The molecule has 1 fully saturated rings. The van der Waals surface area contributed by atoms with Gasteiger partial charge < -0.3 is 0 Å². The van der Waals surface area contributed by atoms with Crippen molar-refractivity contribution in [3.63, 3.8) is 0 Å². The highest BCUT2D eigenvalue weighted by atomic mass is 32.1. The molecule has 1 aliphatic heterocycles. The SMILES string of the molecule is c1ccc(-c2cc(-c3nn4c(CN5CCCCC5)nnc4s3)c3ccccc3n2)cc1. The molecule has 7 heteroatoms. The Kier molecular flexibility index (Phi) is 4.70. The van der Waals surface area contributed by atoms with Crippen molar-refractivity contribution < 1.29 is 0 Å². The van der Waals surface area contributed by atoms with Gasteiger partial charge in [-0.25, -0.2) is 4.98 Å². The topological polar surface area (TPSA) is 59.2 Å². The van der Waals surface area contributed by atoms with E-state index in [1.807, 2.05) is 28.8 Å². The Labute approximate surface area is 184 Å². The average Bonchev–Trinajstić information content (AvgIpc) is 3.41. The smallest absolute Gasteiger partial charge is 0.235 e. The van der Waals surface area contributed by atoms with Crippen LogP contribution in [-0.4, -0.2) is 42.8 Å². The van der Waals surface area contributed by atoms with Crippen molar-refractivity contribution >= 4 is 27.2 Å². The predicted molar refractivity (Wildman–Crippen MR) is 124 cm³/mol. The Hall–Kier alpha value is -3.16. The second kappa shape index (κ2) is 7.83. The molecule has 154 valence electrons. The third-order valence-corrected chi connectivity index (χ3v) is 6.82. The monoisotopic (exact) mass is 426 g/mol. The van der Waals surface area contributed by atoms with Gasteiger partial charge in [0.1, 0.15) is 5.01 Å². The molecule has 1 saturated heterocycles. The second-order valence-corrected chi connectivity index (χ2v) is 8.95. The zero-order valence-corrected chi connectivity index (χ0v) is 17.9. The largest absolute Gasteiger partial charge is 0.296 e. The van der Waals surface area contributed by atoms with Crippen molar-refractivity contribution in [1.82, 2.24) is 29.7 Å². The highest BCUT2D eigenvalue weighted by Gasteiger charge is 2.19. The molecule has 3 aromatic heterocycles. The molecular weight excluding hydrogens is 404 g/mol. The summed E-state index contributed by atoms with van der Waals surface area (Å²) >= 11 is 1.58. The van der Waals surface area contributed by atoms with E-state index < -0.39 is 0 Å². The van der Waals surface area contributed by atoms with E-state index in [-0.39, 0.29) is 0 Å². The van der Waals surface area contributed by atoms with Gasteiger partial charge in [0.05, 0.1) is 17.8 Å². The normalized spacial score (nSPS) is 15.1. The van der Waals surface area contributed by atoms with Crippen molar-refractivity contribution in [1.29, 1.82) is 0 Å². The summed E-state index contributed by atoms with van der Waals surface area (Å²) in [4.78, 5) is 8.19. The van der Waals surface area contributed by atoms with Gasteiger partial charge in [0.25, 0.3) is 0 Å². The first-order valence-corrected chi connectivity index (χ1v) is 11.6. The van der Waals surface area contributed by atoms with Crippen LogP contribution in [0.2, 0.25) is 0 Å². The van der Waals surface area contributed by atoms with E-state index >= 15 is 0 Å². The zero-order valence-electron chi connectivity index (χ0n) is 17.1. The molecule has 0 unspecified atom stereocenters. The second-order valence-electron chi connectivity index (χ2n) is 7.99. The highest BCUT2D eigenvalue weighted by molar-refractivity contribution is 7.19. The van der Waals surface area contributed by atoms with Crippen LogP contribution in [0.3, 0.4) is 0 Å². The molecule has 31 heavy (non-hydrogen) atoms. The van der Waals surface area contributed by atoms with Gasteiger partial charge >= 0.3 is 0 Å². The fourth-order valence-electron chi connectivity index (χ4n) is 4.29. The van der Waals surface area contributed by atoms with Crippen LogP contribution in [-0.2, 0) is 6.54 Å². The lowest BCUT2D eigenvalue weighted by Gasteiger charge is -2.25. The van der Waals surface area contributed by atoms with Gasteiger partial charge in [0.2, 0.25) is 4.96 Å². The van der Waals surface area contributed by atoms with Crippen molar-refractivity contribution in [2.24, 2.45) is 0 Å². The van der Waals surface area contributed by atoms with Crippen LogP contribution in [0.25, 0.3) is 37.7 Å². The van der Waals surface area contributed by atoms with Crippen molar-refractivity contribution in [3.05, 3.63) is 66.5 Å². The van der Waals surface area contributed by atoms with Crippen molar-refractivity contribution in [2.45, 2.75) is 25.8 Å². The maximum absolute atomic E-state index is 4.95. The standard InChI is InChI=1S/C24H22N6S/c1-3-9-17(10-4-1)21-15-19(18-11-5-6-12-20(18)25-21)23-28-30-22(26-27-24(30)31-23)16-29-13-7-2-8-14-29/h1,3-6,9-12,15H,2,7-8,13-14,16H2. The summed E-state index contributed by atoms with van der Waals surface area (Å²) < 4.78 is 1.92. The summed E-state index contributed by atoms with van der Waals surface area (Å²) in [5.74, 6) is 0.918. The molecule has 1 aliphatic rings. The number of likely N-dealkylation sites (tertiary alicyclic amines) is 1. The average molecular weight is 427 g/mol. The molecule has 0 radical (unpaired) electrons. The summed E-state index contributed by atoms with van der Waals surface area (Å²) in [6, 6.07) is 20.7. The number of nitrogens with zero attached hydrogens (tertiary/aromatic N) is 6. The molecule has 5 aromatic rings. The van der Waals surface area contributed by atoms with Crippen LogP contribution in [0.5, 0.6) is 0 Å². The van der Waals surface area contributed by atoms with Crippen LogP contribution in [0.4, 0.5) is 0 Å². The van der Waals surface area contributed by atoms with Crippen molar-refractivity contribution in [3.8, 4) is 21.8 Å². The first-order chi connectivity index (χ1) is 15.3. The van der Waals surface area contributed by atoms with Crippen LogP contribution >= 0.6 is 11.3 Å². The Bertz CT molecular complexity index is 1350. The zero-order chi connectivity index (χ0) is 20.6. The molecule has 0 N–H and O–H groups in total. The van der Waals surface area contributed by atoms with Crippen LogP contribution in [0.1, 0.15) is 25.1 Å². The summed E-state index contributed by atoms with van der Waals surface area (Å²) in [7, 11) is 0. The Balaban J connectivity index is 1.45. The van der Waals surface area contributed by atoms with Gasteiger partial charge in [-0.1, -0.05) is 66.3 Å². The van der Waals surface area contributed by atoms with Gasteiger partial charge in [-0.3, -0.25) is 4.90 Å².